The van der Waals surface area contributed by atoms with E-state index in [0.717, 1.165) is 30.0 Å². The molecule has 1 aromatic carbocycles. The standard InChI is InChI=1S/C20H31N3O2/c1-6-22(7-2)16-10-11-17(15(5)14-16)21-18(24)20(12-13-20)19(25)23(8-3)9-4/h10-11,14H,6-9,12-13H2,1-5H3,(H,21,24). The second kappa shape index (κ2) is 7.89. The SMILES string of the molecule is CCN(CC)C(=O)C1(C(=O)Nc2ccc(N(CC)CC)cc2C)CC1. The molecular weight excluding hydrogens is 314 g/mol. The summed E-state index contributed by atoms with van der Waals surface area (Å²) in [6, 6.07) is 6.06. The Hall–Kier alpha value is -2.04. The van der Waals surface area contributed by atoms with Gasteiger partial charge in [0.05, 0.1) is 0 Å². The fraction of sp³-hybridized carbons (Fsp3) is 0.600. The third kappa shape index (κ3) is 3.80. The summed E-state index contributed by atoms with van der Waals surface area (Å²) in [7, 11) is 0. The molecule has 0 atom stereocenters. The lowest BCUT2D eigenvalue weighted by molar-refractivity contribution is -0.141. The van der Waals surface area contributed by atoms with E-state index < -0.39 is 5.41 Å². The summed E-state index contributed by atoms with van der Waals surface area (Å²) in [6.07, 6.45) is 1.29. The van der Waals surface area contributed by atoms with E-state index in [9.17, 15) is 9.59 Å². The molecule has 1 aromatic rings. The Bertz CT molecular complexity index is 630. The third-order valence-corrected chi connectivity index (χ3v) is 5.23. The lowest BCUT2D eigenvalue weighted by Crippen LogP contribution is -2.42. The first kappa shape index (κ1) is 19.3. The zero-order valence-electron chi connectivity index (χ0n) is 16.2. The number of aryl methyl sites for hydroxylation is 1. The van der Waals surface area contributed by atoms with Gasteiger partial charge < -0.3 is 15.1 Å². The minimum absolute atomic E-state index is 0.0348. The molecule has 1 fully saturated rings. The molecule has 0 heterocycles. The van der Waals surface area contributed by atoms with E-state index in [4.69, 9.17) is 0 Å². The van der Waals surface area contributed by atoms with Crippen LogP contribution in [0.5, 0.6) is 0 Å². The molecule has 25 heavy (non-hydrogen) atoms. The van der Waals surface area contributed by atoms with Gasteiger partial charge in [-0.3, -0.25) is 9.59 Å². The van der Waals surface area contributed by atoms with Crippen LogP contribution in [0, 0.1) is 12.3 Å². The summed E-state index contributed by atoms with van der Waals surface area (Å²) in [4.78, 5) is 29.5. The van der Waals surface area contributed by atoms with Gasteiger partial charge in [0, 0.05) is 37.6 Å². The fourth-order valence-corrected chi connectivity index (χ4v) is 3.29. The van der Waals surface area contributed by atoms with Crippen LogP contribution in [0.25, 0.3) is 0 Å². The molecule has 138 valence electrons. The molecule has 0 unspecified atom stereocenters. The number of nitrogens with zero attached hydrogens (tertiary/aromatic N) is 2. The second-order valence-electron chi connectivity index (χ2n) is 6.69. The number of rotatable bonds is 8. The van der Waals surface area contributed by atoms with E-state index in [1.54, 1.807) is 4.90 Å². The van der Waals surface area contributed by atoms with Crippen molar-refractivity contribution in [3.05, 3.63) is 23.8 Å². The van der Waals surface area contributed by atoms with Gasteiger partial charge in [-0.1, -0.05) is 0 Å². The first-order valence-corrected chi connectivity index (χ1v) is 9.39. The minimum Gasteiger partial charge on any atom is -0.372 e. The molecule has 2 amide bonds. The molecular formula is C20H31N3O2. The number of benzene rings is 1. The van der Waals surface area contributed by atoms with Crippen molar-refractivity contribution in [1.82, 2.24) is 4.90 Å². The van der Waals surface area contributed by atoms with Crippen molar-refractivity contribution in [2.24, 2.45) is 5.41 Å². The zero-order chi connectivity index (χ0) is 18.6. The molecule has 5 nitrogen and oxygen atoms in total. The van der Waals surface area contributed by atoms with Gasteiger partial charge in [-0.2, -0.15) is 0 Å². The molecule has 0 saturated heterocycles. The largest absolute Gasteiger partial charge is 0.372 e. The van der Waals surface area contributed by atoms with E-state index in [-0.39, 0.29) is 11.8 Å². The van der Waals surface area contributed by atoms with Crippen molar-refractivity contribution in [2.45, 2.75) is 47.5 Å². The van der Waals surface area contributed by atoms with Crippen molar-refractivity contribution >= 4 is 23.2 Å². The van der Waals surface area contributed by atoms with Crippen LogP contribution >= 0.6 is 0 Å². The van der Waals surface area contributed by atoms with Crippen LogP contribution in [0.1, 0.15) is 46.1 Å². The Morgan fingerprint density at radius 2 is 1.64 bits per heavy atom. The molecule has 2 rings (SSSR count). The molecule has 0 aromatic heterocycles. The second-order valence-corrected chi connectivity index (χ2v) is 6.69. The minimum atomic E-state index is -0.851. The van der Waals surface area contributed by atoms with Gasteiger partial charge in [-0.25, -0.2) is 0 Å². The lowest BCUT2D eigenvalue weighted by Gasteiger charge is -2.25. The highest BCUT2D eigenvalue weighted by Gasteiger charge is 2.57. The molecule has 5 heteroatoms. The molecule has 0 spiro atoms. The molecule has 0 bridgehead atoms. The first-order valence-electron chi connectivity index (χ1n) is 9.39. The van der Waals surface area contributed by atoms with Gasteiger partial charge in [-0.05, 0) is 71.2 Å². The summed E-state index contributed by atoms with van der Waals surface area (Å²) in [5.74, 6) is -0.199. The molecule has 1 saturated carbocycles. The van der Waals surface area contributed by atoms with Crippen LogP contribution < -0.4 is 10.2 Å². The Labute approximate surface area is 151 Å². The summed E-state index contributed by atoms with van der Waals surface area (Å²) in [6.45, 7) is 13.3. The number of hydrogen-bond acceptors (Lipinski definition) is 3. The normalized spacial score (nSPS) is 14.8. The van der Waals surface area contributed by atoms with Gasteiger partial charge in [0.1, 0.15) is 5.41 Å². The van der Waals surface area contributed by atoms with Gasteiger partial charge in [-0.15, -0.1) is 0 Å². The first-order chi connectivity index (χ1) is 11.9. The number of nitrogens with one attached hydrogen (secondary N) is 1. The highest BCUT2D eigenvalue weighted by atomic mass is 16.2. The van der Waals surface area contributed by atoms with Crippen molar-refractivity contribution in [3.8, 4) is 0 Å². The molecule has 1 N–H and O–H groups in total. The van der Waals surface area contributed by atoms with Gasteiger partial charge in [0.25, 0.3) is 0 Å². The number of hydrogen-bond donors (Lipinski definition) is 1. The van der Waals surface area contributed by atoms with Gasteiger partial charge in [0.15, 0.2) is 0 Å². The van der Waals surface area contributed by atoms with Crippen LogP contribution in [0.4, 0.5) is 11.4 Å². The quantitative estimate of drug-likeness (QED) is 0.735. The molecule has 0 radical (unpaired) electrons. The van der Waals surface area contributed by atoms with Crippen molar-refractivity contribution < 1.29 is 9.59 Å². The summed E-state index contributed by atoms with van der Waals surface area (Å²) in [5.41, 5.74) is 2.11. The average molecular weight is 345 g/mol. The van der Waals surface area contributed by atoms with Crippen LogP contribution in [0.2, 0.25) is 0 Å². The third-order valence-electron chi connectivity index (χ3n) is 5.23. The Morgan fingerprint density at radius 1 is 1.04 bits per heavy atom. The van der Waals surface area contributed by atoms with Crippen molar-refractivity contribution in [1.29, 1.82) is 0 Å². The maximum absolute atomic E-state index is 12.8. The number of anilines is 2. The number of carbonyl (C=O) groups excluding carboxylic acids is 2. The summed E-state index contributed by atoms with van der Waals surface area (Å²) >= 11 is 0. The van der Waals surface area contributed by atoms with Crippen LogP contribution in [-0.2, 0) is 9.59 Å². The van der Waals surface area contributed by atoms with E-state index in [2.05, 4.69) is 30.1 Å². The molecule has 0 aliphatic heterocycles. The number of amides is 2. The molecule has 1 aliphatic carbocycles. The number of carbonyl (C=O) groups is 2. The van der Waals surface area contributed by atoms with Crippen LogP contribution in [-0.4, -0.2) is 42.9 Å². The summed E-state index contributed by atoms with van der Waals surface area (Å²) in [5, 5.41) is 2.99. The fourth-order valence-electron chi connectivity index (χ4n) is 3.29. The van der Waals surface area contributed by atoms with Gasteiger partial charge >= 0.3 is 0 Å². The zero-order valence-corrected chi connectivity index (χ0v) is 16.2. The maximum Gasteiger partial charge on any atom is 0.240 e. The predicted octanol–water partition coefficient (Wildman–Crippen LogP) is 3.43. The van der Waals surface area contributed by atoms with Crippen LogP contribution in [0.3, 0.4) is 0 Å². The van der Waals surface area contributed by atoms with Gasteiger partial charge in [0.2, 0.25) is 11.8 Å². The van der Waals surface area contributed by atoms with E-state index in [0.29, 0.717) is 25.9 Å². The Morgan fingerprint density at radius 3 is 2.08 bits per heavy atom. The predicted molar refractivity (Wildman–Crippen MR) is 103 cm³/mol. The monoisotopic (exact) mass is 345 g/mol. The summed E-state index contributed by atoms with van der Waals surface area (Å²) < 4.78 is 0. The van der Waals surface area contributed by atoms with Crippen LogP contribution in [0.15, 0.2) is 18.2 Å². The highest BCUT2D eigenvalue weighted by molar-refractivity contribution is 6.13. The average Bonchev–Trinajstić information content (AvgIpc) is 3.41. The van der Waals surface area contributed by atoms with E-state index >= 15 is 0 Å². The van der Waals surface area contributed by atoms with E-state index in [1.807, 2.05) is 32.9 Å². The Balaban J connectivity index is 2.14. The smallest absolute Gasteiger partial charge is 0.240 e. The Kier molecular flexibility index (Phi) is 6.09. The van der Waals surface area contributed by atoms with E-state index in [1.165, 1.54) is 0 Å². The molecule has 1 aliphatic rings. The van der Waals surface area contributed by atoms with Crippen molar-refractivity contribution in [3.63, 3.8) is 0 Å². The van der Waals surface area contributed by atoms with Crippen molar-refractivity contribution in [2.75, 3.05) is 36.4 Å². The highest BCUT2D eigenvalue weighted by Crippen LogP contribution is 2.48. The topological polar surface area (TPSA) is 52.7 Å². The maximum atomic E-state index is 12.8. The lowest BCUT2D eigenvalue weighted by atomic mass is 10.0.